The molecule has 0 spiro atoms. The topological polar surface area (TPSA) is 39.8 Å². The third-order valence-corrected chi connectivity index (χ3v) is 3.02. The van der Waals surface area contributed by atoms with Gasteiger partial charge in [-0.3, -0.25) is 14.0 Å². The Balaban J connectivity index is 2.14. The molecule has 0 aliphatic rings. The van der Waals surface area contributed by atoms with E-state index in [0.29, 0.717) is 5.56 Å². The summed E-state index contributed by atoms with van der Waals surface area (Å²) < 4.78 is 3.30. The first kappa shape index (κ1) is 10.8. The van der Waals surface area contributed by atoms with Crippen molar-refractivity contribution < 1.29 is 4.79 Å². The summed E-state index contributed by atoms with van der Waals surface area (Å²) in [5.74, 6) is -0.0521. The molecule has 2 heterocycles. The van der Waals surface area contributed by atoms with E-state index in [4.69, 9.17) is 0 Å². The second kappa shape index (κ2) is 3.84. The van der Waals surface area contributed by atoms with Crippen LogP contribution in [0, 0.1) is 6.92 Å². The third kappa shape index (κ3) is 1.62. The Morgan fingerprint density at radius 3 is 2.83 bits per heavy atom. The molecule has 0 bridgehead atoms. The highest BCUT2D eigenvalue weighted by molar-refractivity contribution is 6.01. The number of rotatable bonds is 1. The number of carbonyl (C=O) groups excluding carboxylic acids is 1. The van der Waals surface area contributed by atoms with Crippen LogP contribution in [0.15, 0.2) is 42.9 Å². The summed E-state index contributed by atoms with van der Waals surface area (Å²) in [5.41, 5.74) is 2.67. The van der Waals surface area contributed by atoms with E-state index in [1.54, 1.807) is 34.9 Å². The molecule has 3 rings (SSSR count). The van der Waals surface area contributed by atoms with Gasteiger partial charge in [0.2, 0.25) is 0 Å². The number of aryl methyl sites for hydroxylation is 2. The molecule has 0 saturated carbocycles. The van der Waals surface area contributed by atoms with E-state index in [2.05, 4.69) is 5.10 Å². The van der Waals surface area contributed by atoms with Gasteiger partial charge in [-0.2, -0.15) is 5.10 Å². The Morgan fingerprint density at radius 2 is 2.11 bits per heavy atom. The highest BCUT2D eigenvalue weighted by Gasteiger charge is 2.12. The quantitative estimate of drug-likeness (QED) is 0.654. The van der Waals surface area contributed by atoms with Crippen LogP contribution in [-0.2, 0) is 7.05 Å². The van der Waals surface area contributed by atoms with E-state index in [9.17, 15) is 4.79 Å². The maximum absolute atomic E-state index is 12.4. The van der Waals surface area contributed by atoms with Crippen molar-refractivity contribution in [1.82, 2.24) is 14.3 Å². The maximum atomic E-state index is 12.4. The zero-order valence-electron chi connectivity index (χ0n) is 10.3. The Hall–Kier alpha value is -2.36. The van der Waals surface area contributed by atoms with Crippen molar-refractivity contribution in [3.8, 4) is 0 Å². The first-order valence-electron chi connectivity index (χ1n) is 5.76. The van der Waals surface area contributed by atoms with Crippen molar-refractivity contribution in [1.29, 1.82) is 0 Å². The fraction of sp³-hybridized carbons (Fsp3) is 0.143. The van der Waals surface area contributed by atoms with Crippen molar-refractivity contribution in [3.05, 3.63) is 54.0 Å². The van der Waals surface area contributed by atoms with Crippen molar-refractivity contribution in [2.75, 3.05) is 0 Å². The second-order valence-electron chi connectivity index (χ2n) is 4.46. The summed E-state index contributed by atoms with van der Waals surface area (Å²) in [6.07, 6.45) is 5.12. The molecule has 4 heteroatoms. The molecule has 0 aliphatic carbocycles. The molecular weight excluding hydrogens is 226 g/mol. The number of aromatic nitrogens is 3. The van der Waals surface area contributed by atoms with Crippen LogP contribution in [0.25, 0.3) is 10.9 Å². The third-order valence-electron chi connectivity index (χ3n) is 3.02. The van der Waals surface area contributed by atoms with Gasteiger partial charge in [0.25, 0.3) is 5.91 Å². The molecule has 3 aromatic rings. The zero-order valence-corrected chi connectivity index (χ0v) is 10.3. The van der Waals surface area contributed by atoms with Crippen LogP contribution < -0.4 is 0 Å². The van der Waals surface area contributed by atoms with E-state index >= 15 is 0 Å². The fourth-order valence-corrected chi connectivity index (χ4v) is 2.09. The molecule has 4 nitrogen and oxygen atoms in total. The maximum Gasteiger partial charge on any atom is 0.265 e. The van der Waals surface area contributed by atoms with Gasteiger partial charge >= 0.3 is 0 Å². The number of hydrogen-bond donors (Lipinski definition) is 0. The standard InChI is InChI=1S/C14H13N3O/c1-10-3-4-11-5-6-17(13(11)7-10)14(18)12-8-15-16(2)9-12/h3-9H,1-2H3. The van der Waals surface area contributed by atoms with Crippen LogP contribution in [0.2, 0.25) is 0 Å². The molecule has 0 aliphatic heterocycles. The summed E-state index contributed by atoms with van der Waals surface area (Å²) in [7, 11) is 1.80. The van der Waals surface area contributed by atoms with Crippen LogP contribution in [-0.4, -0.2) is 20.3 Å². The highest BCUT2D eigenvalue weighted by atomic mass is 16.2. The normalized spacial score (nSPS) is 11.0. The molecule has 0 saturated heterocycles. The lowest BCUT2D eigenvalue weighted by atomic mass is 10.2. The molecule has 0 unspecified atom stereocenters. The summed E-state index contributed by atoms with van der Waals surface area (Å²) >= 11 is 0. The lowest BCUT2D eigenvalue weighted by Crippen LogP contribution is -2.09. The number of benzene rings is 1. The van der Waals surface area contributed by atoms with Crippen molar-refractivity contribution in [3.63, 3.8) is 0 Å². The molecule has 0 radical (unpaired) electrons. The number of nitrogens with zero attached hydrogens (tertiary/aromatic N) is 3. The molecular formula is C14H13N3O. The monoisotopic (exact) mass is 239 g/mol. The smallest absolute Gasteiger partial charge is 0.265 e. The fourth-order valence-electron chi connectivity index (χ4n) is 2.09. The Bertz CT molecular complexity index is 736. The molecule has 90 valence electrons. The van der Waals surface area contributed by atoms with Gasteiger partial charge in [-0.25, -0.2) is 0 Å². The molecule has 0 atom stereocenters. The van der Waals surface area contributed by atoms with Crippen LogP contribution in [0.4, 0.5) is 0 Å². The van der Waals surface area contributed by atoms with Crippen molar-refractivity contribution in [2.24, 2.45) is 7.05 Å². The first-order valence-corrected chi connectivity index (χ1v) is 5.76. The Morgan fingerprint density at radius 1 is 1.28 bits per heavy atom. The minimum atomic E-state index is -0.0521. The molecule has 0 fully saturated rings. The lowest BCUT2D eigenvalue weighted by Gasteiger charge is -2.02. The molecule has 0 N–H and O–H groups in total. The van der Waals surface area contributed by atoms with E-state index in [0.717, 1.165) is 16.5 Å². The average molecular weight is 239 g/mol. The second-order valence-corrected chi connectivity index (χ2v) is 4.46. The number of carbonyl (C=O) groups is 1. The number of fused-ring (bicyclic) bond motifs is 1. The average Bonchev–Trinajstić information content (AvgIpc) is 2.94. The largest absolute Gasteiger partial charge is 0.283 e. The van der Waals surface area contributed by atoms with Gasteiger partial charge < -0.3 is 0 Å². The van der Waals surface area contributed by atoms with Crippen LogP contribution in [0.1, 0.15) is 15.9 Å². The van der Waals surface area contributed by atoms with Crippen LogP contribution in [0.3, 0.4) is 0 Å². The molecule has 18 heavy (non-hydrogen) atoms. The van der Waals surface area contributed by atoms with Crippen LogP contribution in [0.5, 0.6) is 0 Å². The van der Waals surface area contributed by atoms with Gasteiger partial charge in [0.1, 0.15) is 0 Å². The molecule has 2 aromatic heterocycles. The van der Waals surface area contributed by atoms with E-state index in [1.807, 2.05) is 31.2 Å². The Labute approximate surface area is 104 Å². The predicted molar refractivity (Wildman–Crippen MR) is 69.6 cm³/mol. The van der Waals surface area contributed by atoms with Gasteiger partial charge in [-0.05, 0) is 24.6 Å². The summed E-state index contributed by atoms with van der Waals surface area (Å²) in [5, 5.41) is 5.10. The summed E-state index contributed by atoms with van der Waals surface area (Å²) in [4.78, 5) is 12.4. The first-order chi connectivity index (χ1) is 8.65. The van der Waals surface area contributed by atoms with E-state index in [-0.39, 0.29) is 5.91 Å². The van der Waals surface area contributed by atoms with Gasteiger partial charge in [-0.15, -0.1) is 0 Å². The highest BCUT2D eigenvalue weighted by Crippen LogP contribution is 2.18. The van der Waals surface area contributed by atoms with Crippen molar-refractivity contribution in [2.45, 2.75) is 6.92 Å². The SMILES string of the molecule is Cc1ccc2ccn(C(=O)c3cnn(C)c3)c2c1. The molecule has 1 aromatic carbocycles. The van der Waals surface area contributed by atoms with Gasteiger partial charge in [-0.1, -0.05) is 12.1 Å². The minimum absolute atomic E-state index is 0.0521. The van der Waals surface area contributed by atoms with E-state index < -0.39 is 0 Å². The number of hydrogen-bond acceptors (Lipinski definition) is 2. The zero-order chi connectivity index (χ0) is 12.7. The molecule has 0 amide bonds. The van der Waals surface area contributed by atoms with Crippen LogP contribution >= 0.6 is 0 Å². The predicted octanol–water partition coefficient (Wildman–Crippen LogP) is 2.37. The van der Waals surface area contributed by atoms with E-state index in [1.165, 1.54) is 0 Å². The lowest BCUT2D eigenvalue weighted by molar-refractivity contribution is 0.0965. The Kier molecular flexibility index (Phi) is 2.30. The van der Waals surface area contributed by atoms with Crippen molar-refractivity contribution >= 4 is 16.8 Å². The minimum Gasteiger partial charge on any atom is -0.283 e. The van der Waals surface area contributed by atoms with Gasteiger partial charge in [0.15, 0.2) is 0 Å². The van der Waals surface area contributed by atoms with Gasteiger partial charge in [0.05, 0.1) is 17.3 Å². The summed E-state index contributed by atoms with van der Waals surface area (Å²) in [6.45, 7) is 2.02. The summed E-state index contributed by atoms with van der Waals surface area (Å²) in [6, 6.07) is 8.03. The van der Waals surface area contributed by atoms with Gasteiger partial charge in [0, 0.05) is 24.8 Å².